The summed E-state index contributed by atoms with van der Waals surface area (Å²) in [5.41, 5.74) is 0. The first-order valence-electron chi connectivity index (χ1n) is 0.729. The number of hydrogen-bond donors (Lipinski definition) is 0. The third kappa shape index (κ3) is 2.03. The van der Waals surface area contributed by atoms with Crippen molar-refractivity contribution in [3.05, 3.63) is 0 Å². The summed E-state index contributed by atoms with van der Waals surface area (Å²) in [6.45, 7) is 2.87. The van der Waals surface area contributed by atoms with Crippen LogP contribution in [0.3, 0.4) is 0 Å². The minimum atomic E-state index is -0.846. The van der Waals surface area contributed by atoms with Crippen molar-refractivity contribution < 1.29 is 4.20 Å². The predicted molar refractivity (Wildman–Crippen MR) is 19.0 cm³/mol. The summed E-state index contributed by atoms with van der Waals surface area (Å²) in [5.74, 6) is 0. The van der Waals surface area contributed by atoms with Crippen LogP contribution in [0.15, 0.2) is 4.76 Å². The molecule has 0 aliphatic heterocycles. The van der Waals surface area contributed by atoms with E-state index < -0.39 is 9.04 Å². The predicted octanol–water partition coefficient (Wildman–Crippen LogP) is 1.17. The molecule has 0 saturated carbocycles. The molecule has 3 heteroatoms. The Bertz CT molecular complexity index is 22.0. The van der Waals surface area contributed by atoms with Crippen LogP contribution in [0.2, 0.25) is 0 Å². The fraction of sp³-hybridized carbons (Fsp3) is 0. The molecule has 1 nitrogen and oxygen atoms in total. The Hall–Kier alpha value is 0.0300. The smallest absolute Gasteiger partial charge is 0.188 e. The largest absolute Gasteiger partial charge is 0.247 e. The standard InChI is InChI=1S/CH3FNP/c1-3-4-2/h4H,1H2. The van der Waals surface area contributed by atoms with E-state index in [-0.39, 0.29) is 0 Å². The van der Waals surface area contributed by atoms with E-state index in [1.54, 1.807) is 0 Å². The van der Waals surface area contributed by atoms with Crippen molar-refractivity contribution >= 4 is 15.8 Å². The van der Waals surface area contributed by atoms with Crippen LogP contribution in [0.1, 0.15) is 0 Å². The molecule has 0 aliphatic carbocycles. The molecule has 0 bridgehead atoms. The molecule has 0 amide bonds. The Morgan fingerprint density at radius 2 is 2.25 bits per heavy atom. The monoisotopic (exact) mass is 79.0 g/mol. The highest BCUT2D eigenvalue weighted by Crippen LogP contribution is 2.07. The molecular weight excluding hydrogens is 76.0 g/mol. The number of rotatable bonds is 1. The normalized spacial score (nSPS) is 9.25. The van der Waals surface area contributed by atoms with Crippen molar-refractivity contribution in [3.8, 4) is 0 Å². The molecule has 0 heterocycles. The van der Waals surface area contributed by atoms with Gasteiger partial charge in [-0.25, -0.2) is 8.96 Å². The van der Waals surface area contributed by atoms with Gasteiger partial charge in [-0.15, -0.1) is 0 Å². The van der Waals surface area contributed by atoms with Gasteiger partial charge < -0.3 is 0 Å². The van der Waals surface area contributed by atoms with Gasteiger partial charge in [0.25, 0.3) is 0 Å². The molecular formula is CH3FNP. The highest BCUT2D eigenvalue weighted by molar-refractivity contribution is 7.30. The molecule has 0 aromatic rings. The lowest BCUT2D eigenvalue weighted by Gasteiger charge is -1.56. The minimum Gasteiger partial charge on any atom is -0.247 e. The highest BCUT2D eigenvalue weighted by Gasteiger charge is 1.49. The molecule has 0 spiro atoms. The van der Waals surface area contributed by atoms with E-state index in [4.69, 9.17) is 0 Å². The molecule has 24 valence electrons. The van der Waals surface area contributed by atoms with E-state index in [1.165, 1.54) is 0 Å². The number of hydrogen-bond acceptors (Lipinski definition) is 1. The number of nitrogens with zero attached hydrogens (tertiary/aromatic N) is 1. The van der Waals surface area contributed by atoms with Crippen LogP contribution in [0.25, 0.3) is 0 Å². The van der Waals surface area contributed by atoms with E-state index in [9.17, 15) is 4.20 Å². The van der Waals surface area contributed by atoms with Gasteiger partial charge in [0.1, 0.15) is 0 Å². The summed E-state index contributed by atoms with van der Waals surface area (Å²) in [4.78, 5) is 0. The first-order valence-corrected chi connectivity index (χ1v) is 1.55. The van der Waals surface area contributed by atoms with E-state index >= 15 is 0 Å². The van der Waals surface area contributed by atoms with Crippen molar-refractivity contribution in [2.75, 3.05) is 0 Å². The molecule has 0 aromatic carbocycles. The molecule has 0 aromatic heterocycles. The first-order chi connectivity index (χ1) is 1.91. The maximum absolute atomic E-state index is 10.5. The lowest BCUT2D eigenvalue weighted by molar-refractivity contribution is 0.919. The van der Waals surface area contributed by atoms with Crippen molar-refractivity contribution in [1.82, 2.24) is 0 Å². The Morgan fingerprint density at radius 3 is 2.25 bits per heavy atom. The maximum Gasteiger partial charge on any atom is 0.188 e. The molecule has 0 fully saturated rings. The second-order valence-corrected chi connectivity index (χ2v) is 0.728. The number of halogens is 1. The summed E-state index contributed by atoms with van der Waals surface area (Å²) in [6, 6.07) is 0. The molecule has 1 atom stereocenters. The summed E-state index contributed by atoms with van der Waals surface area (Å²) >= 11 is 0. The summed E-state index contributed by atoms with van der Waals surface area (Å²) in [7, 11) is -0.846. The van der Waals surface area contributed by atoms with Crippen LogP contribution in [-0.2, 0) is 0 Å². The van der Waals surface area contributed by atoms with Gasteiger partial charge in [-0.2, -0.15) is 0 Å². The van der Waals surface area contributed by atoms with Gasteiger partial charge in [0, 0.05) is 0 Å². The van der Waals surface area contributed by atoms with E-state index in [0.717, 1.165) is 0 Å². The quantitative estimate of drug-likeness (QED) is 0.330. The molecule has 4 heavy (non-hydrogen) atoms. The van der Waals surface area contributed by atoms with Gasteiger partial charge in [-0.05, 0) is 6.72 Å². The average Bonchev–Trinajstić information content (AvgIpc) is 1.37. The van der Waals surface area contributed by atoms with Crippen molar-refractivity contribution in [1.29, 1.82) is 0 Å². The Balaban J connectivity index is 2.30. The van der Waals surface area contributed by atoms with Crippen LogP contribution in [0, 0.1) is 0 Å². The van der Waals surface area contributed by atoms with E-state index in [0.29, 0.717) is 0 Å². The zero-order chi connectivity index (χ0) is 3.41. The first kappa shape index (κ1) is 4.03. The van der Waals surface area contributed by atoms with Crippen LogP contribution in [-0.4, -0.2) is 6.72 Å². The Kier molecular flexibility index (Phi) is 3.05. The Labute approximate surface area is 25.9 Å². The average molecular weight is 79.0 g/mol. The lowest BCUT2D eigenvalue weighted by atomic mass is 11.8. The highest BCUT2D eigenvalue weighted by atomic mass is 31.1. The Morgan fingerprint density at radius 1 is 2.00 bits per heavy atom. The molecule has 0 radical (unpaired) electrons. The topological polar surface area (TPSA) is 12.4 Å². The van der Waals surface area contributed by atoms with E-state index in [2.05, 4.69) is 11.5 Å². The summed E-state index contributed by atoms with van der Waals surface area (Å²) in [5, 5.41) is 0. The molecule has 0 aliphatic rings. The van der Waals surface area contributed by atoms with Crippen LogP contribution in [0.5, 0.6) is 0 Å². The fourth-order valence-corrected chi connectivity index (χ4v) is 0. The zero-order valence-corrected chi connectivity index (χ0v) is 3.03. The van der Waals surface area contributed by atoms with Crippen LogP contribution < -0.4 is 0 Å². The van der Waals surface area contributed by atoms with Crippen molar-refractivity contribution in [3.63, 3.8) is 0 Å². The van der Waals surface area contributed by atoms with Crippen molar-refractivity contribution in [2.24, 2.45) is 4.76 Å². The zero-order valence-electron chi connectivity index (χ0n) is 2.03. The SMILES string of the molecule is C=NPF. The van der Waals surface area contributed by atoms with Crippen LogP contribution in [0.4, 0.5) is 4.20 Å². The third-order valence-corrected chi connectivity index (χ3v) is 0.179. The van der Waals surface area contributed by atoms with Gasteiger partial charge in [-0.3, -0.25) is 0 Å². The second-order valence-electron chi connectivity index (χ2n) is 0.243. The van der Waals surface area contributed by atoms with Gasteiger partial charge in [0.05, 0.1) is 0 Å². The van der Waals surface area contributed by atoms with Gasteiger partial charge in [0.2, 0.25) is 0 Å². The van der Waals surface area contributed by atoms with Gasteiger partial charge >= 0.3 is 0 Å². The van der Waals surface area contributed by atoms with Crippen molar-refractivity contribution in [2.45, 2.75) is 0 Å². The maximum atomic E-state index is 10.5. The molecule has 1 unspecified atom stereocenters. The molecule has 0 N–H and O–H groups in total. The molecule has 0 saturated heterocycles. The molecule has 0 rings (SSSR count). The summed E-state index contributed by atoms with van der Waals surface area (Å²) < 4.78 is 13.4. The second kappa shape index (κ2) is 3.03. The van der Waals surface area contributed by atoms with E-state index in [1.807, 2.05) is 0 Å². The fourth-order valence-electron chi connectivity index (χ4n) is 0. The van der Waals surface area contributed by atoms with Gasteiger partial charge in [0.15, 0.2) is 9.04 Å². The summed E-state index contributed by atoms with van der Waals surface area (Å²) in [6.07, 6.45) is 0. The third-order valence-electron chi connectivity index (χ3n) is 0.0598. The lowest BCUT2D eigenvalue weighted by Crippen LogP contribution is -1.14. The van der Waals surface area contributed by atoms with Gasteiger partial charge in [-0.1, -0.05) is 0 Å². The van der Waals surface area contributed by atoms with Crippen LogP contribution >= 0.6 is 9.04 Å². The minimum absolute atomic E-state index is 0.846.